The molecule has 7 N–H and O–H groups in total. The van der Waals surface area contributed by atoms with E-state index in [9.17, 15) is 49.6 Å². The third-order valence-electron chi connectivity index (χ3n) is 8.76. The van der Waals surface area contributed by atoms with Crippen LogP contribution in [-0.4, -0.2) is 55.4 Å². The van der Waals surface area contributed by atoms with Gasteiger partial charge in [-0.3, -0.25) is 4.79 Å². The molecule has 6 aromatic carbocycles. The van der Waals surface area contributed by atoms with Crippen molar-refractivity contribution >= 4 is 35.5 Å². The van der Waals surface area contributed by atoms with Crippen LogP contribution in [0, 0.1) is 0 Å². The molecule has 6 aromatic rings. The minimum Gasteiger partial charge on any atom is -0.478 e. The maximum absolute atomic E-state index is 12.8. The maximum atomic E-state index is 12.8. The van der Waals surface area contributed by atoms with Gasteiger partial charge in [0.1, 0.15) is 23.0 Å². The van der Waals surface area contributed by atoms with E-state index in [-0.39, 0.29) is 33.4 Å². The number of ether oxygens (including phenoxy) is 2. The van der Waals surface area contributed by atoms with Gasteiger partial charge in [-0.05, 0) is 126 Å². The number of carboxylic acid groups (broad SMARTS) is 4. The Kier molecular flexibility index (Phi) is 11.7. The summed E-state index contributed by atoms with van der Waals surface area (Å²) in [4.78, 5) is 59.0. The van der Waals surface area contributed by atoms with E-state index >= 15 is 0 Å². The number of hydrogen-bond donors (Lipinski definition) is 7. The second-order valence-electron chi connectivity index (χ2n) is 12.6. The molecule has 0 spiro atoms. The van der Waals surface area contributed by atoms with E-state index in [0.717, 1.165) is 29.3 Å². The summed E-state index contributed by atoms with van der Waals surface area (Å²) in [6, 6.07) is 33.7. The SMILES string of the molecule is O=C(O)c1ccc(C(=O)O)c(C(=O)Nc2ccc(Oc3ccc(Cc4ccc(Oc5ccc(C(NO)c6cc(C(=O)O)ccc6C(=O)O)cc5)cc4)cc3)cc2)c1. The largest absolute Gasteiger partial charge is 0.478 e. The van der Waals surface area contributed by atoms with Gasteiger partial charge in [-0.2, -0.15) is 5.48 Å². The first-order valence-electron chi connectivity index (χ1n) is 17.0. The molecule has 0 heterocycles. The van der Waals surface area contributed by atoms with E-state index < -0.39 is 35.8 Å². The minimum atomic E-state index is -1.36. The molecule has 0 aliphatic carbocycles. The minimum absolute atomic E-state index is 0.0808. The quantitative estimate of drug-likeness (QED) is 0.0492. The van der Waals surface area contributed by atoms with Crippen molar-refractivity contribution in [1.82, 2.24) is 5.48 Å². The highest BCUT2D eigenvalue weighted by molar-refractivity contribution is 6.11. The smallest absolute Gasteiger partial charge is 0.336 e. The second kappa shape index (κ2) is 17.1. The molecule has 0 saturated heterocycles. The second-order valence-corrected chi connectivity index (χ2v) is 12.6. The summed E-state index contributed by atoms with van der Waals surface area (Å²) in [6.07, 6.45) is 0.625. The molecular formula is C43H32N2O12. The van der Waals surface area contributed by atoms with Gasteiger partial charge >= 0.3 is 23.9 Å². The van der Waals surface area contributed by atoms with Crippen LogP contribution in [0.25, 0.3) is 0 Å². The molecule has 0 aromatic heterocycles. The van der Waals surface area contributed by atoms with Gasteiger partial charge in [0.2, 0.25) is 0 Å². The molecule has 14 heteroatoms. The van der Waals surface area contributed by atoms with Gasteiger partial charge in [-0.15, -0.1) is 0 Å². The summed E-state index contributed by atoms with van der Waals surface area (Å²) in [7, 11) is 0. The summed E-state index contributed by atoms with van der Waals surface area (Å²) in [5.41, 5.74) is 3.91. The molecule has 0 radical (unpaired) electrons. The Labute approximate surface area is 323 Å². The van der Waals surface area contributed by atoms with Gasteiger partial charge in [0.25, 0.3) is 5.91 Å². The first-order chi connectivity index (χ1) is 27.4. The highest BCUT2D eigenvalue weighted by Gasteiger charge is 2.23. The topological polar surface area (TPSA) is 229 Å². The van der Waals surface area contributed by atoms with Crippen molar-refractivity contribution in [1.29, 1.82) is 0 Å². The zero-order valence-corrected chi connectivity index (χ0v) is 29.6. The third-order valence-corrected chi connectivity index (χ3v) is 8.76. The van der Waals surface area contributed by atoms with Gasteiger partial charge in [-0.1, -0.05) is 36.4 Å². The molecule has 0 fully saturated rings. The van der Waals surface area contributed by atoms with Gasteiger partial charge in [0, 0.05) is 5.69 Å². The highest BCUT2D eigenvalue weighted by atomic mass is 16.5. The number of rotatable bonds is 15. The van der Waals surface area contributed by atoms with Crippen molar-refractivity contribution in [3.63, 3.8) is 0 Å². The molecular weight excluding hydrogens is 736 g/mol. The first kappa shape index (κ1) is 38.9. The van der Waals surface area contributed by atoms with Crippen molar-refractivity contribution in [2.75, 3.05) is 5.32 Å². The Balaban J connectivity index is 1.03. The predicted octanol–water partition coefficient (Wildman–Crippen LogP) is 7.98. The van der Waals surface area contributed by atoms with Crippen LogP contribution in [0.5, 0.6) is 23.0 Å². The number of hydroxylamine groups is 1. The molecule has 0 bridgehead atoms. The van der Waals surface area contributed by atoms with Gasteiger partial charge in [0.15, 0.2) is 0 Å². The molecule has 1 amide bonds. The van der Waals surface area contributed by atoms with Crippen LogP contribution in [0.15, 0.2) is 133 Å². The molecule has 57 heavy (non-hydrogen) atoms. The standard InChI is InChI=1S/C43H32N2O12/c46-39(37-23-28(41(49)50)8-20-35(37)43(53)54)44-29-9-17-33(18-10-29)57-31-13-3-25(4-14-31)21-24-1-11-30(12-2-24)56-32-15-5-26(6-16-32)38(45-55)36-22-27(40(47)48)7-19-34(36)42(51)52/h1-20,22-23,38,45,55H,21H2,(H,44,46)(H,47,48)(H,49,50)(H,51,52)(H,53,54). The third kappa shape index (κ3) is 9.47. The van der Waals surface area contributed by atoms with Crippen LogP contribution >= 0.6 is 0 Å². The predicted molar refractivity (Wildman–Crippen MR) is 204 cm³/mol. The fourth-order valence-corrected chi connectivity index (χ4v) is 5.90. The lowest BCUT2D eigenvalue weighted by Crippen LogP contribution is -2.21. The number of nitrogens with one attached hydrogen (secondary N) is 2. The van der Waals surface area contributed by atoms with Crippen molar-refractivity contribution in [2.24, 2.45) is 0 Å². The number of aromatic carboxylic acids is 4. The van der Waals surface area contributed by atoms with E-state index in [4.69, 9.17) is 9.47 Å². The van der Waals surface area contributed by atoms with Crippen LogP contribution in [0.1, 0.15) is 80.1 Å². The van der Waals surface area contributed by atoms with Gasteiger partial charge in [-0.25, -0.2) is 19.2 Å². The zero-order chi connectivity index (χ0) is 40.6. The fourth-order valence-electron chi connectivity index (χ4n) is 5.90. The molecule has 14 nitrogen and oxygen atoms in total. The monoisotopic (exact) mass is 768 g/mol. The van der Waals surface area contributed by atoms with Crippen molar-refractivity contribution in [2.45, 2.75) is 12.5 Å². The maximum Gasteiger partial charge on any atom is 0.336 e. The summed E-state index contributed by atoms with van der Waals surface area (Å²) in [6.45, 7) is 0. The number of carbonyl (C=O) groups excluding carboxylic acids is 1. The van der Waals surface area contributed by atoms with Crippen LogP contribution < -0.4 is 20.3 Å². The number of carboxylic acids is 4. The lowest BCUT2D eigenvalue weighted by Gasteiger charge is -2.19. The summed E-state index contributed by atoms with van der Waals surface area (Å²) < 4.78 is 11.9. The van der Waals surface area contributed by atoms with Gasteiger partial charge < -0.3 is 40.4 Å². The summed E-state index contributed by atoms with van der Waals surface area (Å²) >= 11 is 0. The van der Waals surface area contributed by atoms with Crippen LogP contribution in [-0.2, 0) is 6.42 Å². The lowest BCUT2D eigenvalue weighted by molar-refractivity contribution is 0.0677. The zero-order valence-electron chi connectivity index (χ0n) is 29.6. The van der Waals surface area contributed by atoms with Crippen LogP contribution in [0.4, 0.5) is 5.69 Å². The van der Waals surface area contributed by atoms with Crippen molar-refractivity contribution in [3.05, 3.63) is 184 Å². The molecule has 6 rings (SSSR count). The molecule has 286 valence electrons. The Morgan fingerprint density at radius 1 is 0.491 bits per heavy atom. The van der Waals surface area contributed by atoms with Crippen LogP contribution in [0.3, 0.4) is 0 Å². The van der Waals surface area contributed by atoms with Crippen LogP contribution in [0.2, 0.25) is 0 Å². The molecule has 0 saturated carbocycles. The Morgan fingerprint density at radius 3 is 1.39 bits per heavy atom. The van der Waals surface area contributed by atoms with Crippen molar-refractivity contribution in [3.8, 4) is 23.0 Å². The molecule has 1 atom stereocenters. The van der Waals surface area contributed by atoms with Gasteiger partial charge in [0.05, 0.1) is 33.9 Å². The summed E-state index contributed by atoms with van der Waals surface area (Å²) in [5.74, 6) is -3.84. The fraction of sp³-hybridized carbons (Fsp3) is 0.0465. The molecule has 1 unspecified atom stereocenters. The van der Waals surface area contributed by atoms with E-state index in [2.05, 4.69) is 10.8 Å². The lowest BCUT2D eigenvalue weighted by atomic mass is 9.93. The number of benzene rings is 6. The number of hydrogen-bond acceptors (Lipinski definition) is 9. The Morgan fingerprint density at radius 2 is 0.930 bits per heavy atom. The highest BCUT2D eigenvalue weighted by Crippen LogP contribution is 2.30. The first-order valence-corrected chi connectivity index (χ1v) is 17.0. The molecule has 0 aliphatic heterocycles. The van der Waals surface area contributed by atoms with E-state index in [1.807, 2.05) is 48.5 Å². The Bertz CT molecular complexity index is 2460. The van der Waals surface area contributed by atoms with E-state index in [0.29, 0.717) is 40.7 Å². The average molecular weight is 769 g/mol. The number of carbonyl (C=O) groups is 5. The Hall–Kier alpha value is -7.81. The van der Waals surface area contributed by atoms with E-state index in [1.54, 1.807) is 48.5 Å². The van der Waals surface area contributed by atoms with E-state index in [1.165, 1.54) is 18.2 Å². The summed E-state index contributed by atoms with van der Waals surface area (Å²) in [5, 5.41) is 50.2. The number of anilines is 1. The normalized spacial score (nSPS) is 11.2. The average Bonchev–Trinajstić information content (AvgIpc) is 3.20. The van der Waals surface area contributed by atoms with Crippen molar-refractivity contribution < 1.29 is 59.1 Å². The number of amides is 1. The molecule has 0 aliphatic rings.